The Balaban J connectivity index is 2.03. The van der Waals surface area contributed by atoms with Crippen LogP contribution in [0.1, 0.15) is 23.6 Å². The van der Waals surface area contributed by atoms with Gasteiger partial charge in [0.2, 0.25) is 0 Å². The molecule has 0 saturated heterocycles. The number of amides is 1. The van der Waals surface area contributed by atoms with Gasteiger partial charge in [-0.3, -0.25) is 4.79 Å². The minimum absolute atomic E-state index is 0.0193. The highest BCUT2D eigenvalue weighted by molar-refractivity contribution is 5.77. The van der Waals surface area contributed by atoms with Crippen LogP contribution < -0.4 is 14.2 Å². The van der Waals surface area contributed by atoms with E-state index < -0.39 is 0 Å². The topological polar surface area (TPSA) is 48.0 Å². The van der Waals surface area contributed by atoms with Crippen LogP contribution in [0.2, 0.25) is 0 Å². The Morgan fingerprint density at radius 2 is 1.69 bits per heavy atom. The van der Waals surface area contributed by atoms with Crippen LogP contribution in [0.15, 0.2) is 36.4 Å². The van der Waals surface area contributed by atoms with Crippen molar-refractivity contribution in [3.8, 4) is 17.2 Å². The largest absolute Gasteiger partial charge is 0.493 e. The number of benzene rings is 2. The van der Waals surface area contributed by atoms with Crippen molar-refractivity contribution in [3.05, 3.63) is 53.1 Å². The molecule has 5 heteroatoms. The fraction of sp³-hybridized carbons (Fsp3) is 0.381. The van der Waals surface area contributed by atoms with Crippen molar-refractivity contribution in [2.75, 3.05) is 27.4 Å². The molecule has 0 N–H and O–H groups in total. The van der Waals surface area contributed by atoms with Gasteiger partial charge < -0.3 is 19.1 Å². The summed E-state index contributed by atoms with van der Waals surface area (Å²) in [4.78, 5) is 14.3. The molecular weight excluding hydrogens is 330 g/mol. The van der Waals surface area contributed by atoms with E-state index in [0.717, 1.165) is 22.4 Å². The standard InChI is InChI=1S/C21H27NO4/c1-6-22(13-17-9-10-18(24-4)20(12-17)25-5)21(23)14-26-19-11-15(2)7-8-16(19)3/h7-12H,6,13-14H2,1-5H3. The summed E-state index contributed by atoms with van der Waals surface area (Å²) in [5.74, 6) is 2.02. The minimum Gasteiger partial charge on any atom is -0.493 e. The molecular formula is C21H27NO4. The predicted molar refractivity (Wildman–Crippen MR) is 102 cm³/mol. The third-order valence-electron chi connectivity index (χ3n) is 4.25. The Morgan fingerprint density at radius 3 is 2.35 bits per heavy atom. The van der Waals surface area contributed by atoms with Gasteiger partial charge in [-0.15, -0.1) is 0 Å². The molecule has 0 aliphatic carbocycles. The lowest BCUT2D eigenvalue weighted by Crippen LogP contribution is -2.34. The van der Waals surface area contributed by atoms with Crippen molar-refractivity contribution >= 4 is 5.91 Å². The lowest BCUT2D eigenvalue weighted by molar-refractivity contribution is -0.133. The molecule has 0 aliphatic heterocycles. The first-order chi connectivity index (χ1) is 12.5. The maximum atomic E-state index is 12.6. The number of likely N-dealkylation sites (N-methyl/N-ethyl adjacent to an activating group) is 1. The van der Waals surface area contributed by atoms with Gasteiger partial charge in [0.15, 0.2) is 18.1 Å². The molecule has 0 bridgehead atoms. The molecule has 1 amide bonds. The molecule has 140 valence electrons. The smallest absolute Gasteiger partial charge is 0.260 e. The molecule has 0 aromatic heterocycles. The molecule has 26 heavy (non-hydrogen) atoms. The van der Waals surface area contributed by atoms with Crippen molar-refractivity contribution in [3.63, 3.8) is 0 Å². The Morgan fingerprint density at radius 1 is 0.962 bits per heavy atom. The van der Waals surface area contributed by atoms with Gasteiger partial charge in [0.1, 0.15) is 5.75 Å². The lowest BCUT2D eigenvalue weighted by Gasteiger charge is -2.22. The van der Waals surface area contributed by atoms with E-state index in [1.807, 2.05) is 57.2 Å². The number of carbonyl (C=O) groups excluding carboxylic acids is 1. The predicted octanol–water partition coefficient (Wildman–Crippen LogP) is 3.75. The third kappa shape index (κ3) is 4.91. The number of methoxy groups -OCH3 is 2. The monoisotopic (exact) mass is 357 g/mol. The highest BCUT2D eigenvalue weighted by Crippen LogP contribution is 2.28. The second-order valence-corrected chi connectivity index (χ2v) is 6.15. The van der Waals surface area contributed by atoms with Gasteiger partial charge in [-0.1, -0.05) is 18.2 Å². The molecule has 0 fully saturated rings. The maximum Gasteiger partial charge on any atom is 0.260 e. The summed E-state index contributed by atoms with van der Waals surface area (Å²) in [6.45, 7) is 7.04. The number of carbonyl (C=O) groups is 1. The zero-order chi connectivity index (χ0) is 19.1. The first-order valence-corrected chi connectivity index (χ1v) is 8.67. The Bertz CT molecular complexity index is 758. The van der Waals surface area contributed by atoms with E-state index in [1.165, 1.54) is 0 Å². The molecule has 0 saturated carbocycles. The van der Waals surface area contributed by atoms with E-state index in [9.17, 15) is 4.79 Å². The molecule has 2 aromatic carbocycles. The summed E-state index contributed by atoms with van der Waals surface area (Å²) in [5.41, 5.74) is 3.10. The van der Waals surface area contributed by atoms with Gasteiger partial charge in [0, 0.05) is 13.1 Å². The fourth-order valence-electron chi connectivity index (χ4n) is 2.67. The van der Waals surface area contributed by atoms with Gasteiger partial charge in [0.05, 0.1) is 14.2 Å². The SMILES string of the molecule is CCN(Cc1ccc(OC)c(OC)c1)C(=O)COc1cc(C)ccc1C. The summed E-state index contributed by atoms with van der Waals surface area (Å²) in [6.07, 6.45) is 0. The van der Waals surface area contributed by atoms with E-state index in [-0.39, 0.29) is 12.5 Å². The van der Waals surface area contributed by atoms with Crippen LogP contribution in [0.25, 0.3) is 0 Å². The van der Waals surface area contributed by atoms with Gasteiger partial charge in [0.25, 0.3) is 5.91 Å². The van der Waals surface area contributed by atoms with E-state index in [2.05, 4.69) is 0 Å². The Labute approximate surface area is 155 Å². The van der Waals surface area contributed by atoms with Crippen molar-refractivity contribution in [2.45, 2.75) is 27.3 Å². The molecule has 0 aliphatic rings. The van der Waals surface area contributed by atoms with Crippen LogP contribution >= 0.6 is 0 Å². The van der Waals surface area contributed by atoms with E-state index >= 15 is 0 Å². The first kappa shape index (κ1) is 19.6. The van der Waals surface area contributed by atoms with Crippen molar-refractivity contribution in [2.24, 2.45) is 0 Å². The number of hydrogen-bond acceptors (Lipinski definition) is 4. The second kappa shape index (κ2) is 9.13. The summed E-state index contributed by atoms with van der Waals surface area (Å²) in [5, 5.41) is 0. The van der Waals surface area contributed by atoms with Crippen LogP contribution in [0.4, 0.5) is 0 Å². The average molecular weight is 357 g/mol. The summed E-state index contributed by atoms with van der Waals surface area (Å²) in [6, 6.07) is 11.6. The summed E-state index contributed by atoms with van der Waals surface area (Å²) in [7, 11) is 3.20. The molecule has 0 heterocycles. The zero-order valence-electron chi connectivity index (χ0n) is 16.2. The first-order valence-electron chi connectivity index (χ1n) is 8.67. The molecule has 5 nitrogen and oxygen atoms in total. The highest BCUT2D eigenvalue weighted by Gasteiger charge is 2.15. The molecule has 0 unspecified atom stereocenters. The van der Waals surface area contributed by atoms with Crippen molar-refractivity contribution in [1.82, 2.24) is 4.90 Å². The Kier molecular flexibility index (Phi) is 6.89. The second-order valence-electron chi connectivity index (χ2n) is 6.15. The highest BCUT2D eigenvalue weighted by atomic mass is 16.5. The number of aryl methyl sites for hydroxylation is 2. The van der Waals surface area contributed by atoms with E-state index in [1.54, 1.807) is 19.1 Å². The maximum absolute atomic E-state index is 12.6. The number of rotatable bonds is 8. The normalized spacial score (nSPS) is 10.3. The van der Waals surface area contributed by atoms with Crippen LogP contribution in [0.5, 0.6) is 17.2 Å². The van der Waals surface area contributed by atoms with Gasteiger partial charge in [-0.2, -0.15) is 0 Å². The van der Waals surface area contributed by atoms with Crippen LogP contribution in [0.3, 0.4) is 0 Å². The Hall–Kier alpha value is -2.69. The van der Waals surface area contributed by atoms with Crippen LogP contribution in [-0.4, -0.2) is 38.2 Å². The van der Waals surface area contributed by atoms with Gasteiger partial charge in [-0.05, 0) is 55.7 Å². The average Bonchev–Trinajstić information content (AvgIpc) is 2.66. The number of hydrogen-bond donors (Lipinski definition) is 0. The van der Waals surface area contributed by atoms with E-state index in [4.69, 9.17) is 14.2 Å². The molecule has 0 atom stereocenters. The van der Waals surface area contributed by atoms with E-state index in [0.29, 0.717) is 24.6 Å². The molecule has 2 rings (SSSR count). The fourth-order valence-corrected chi connectivity index (χ4v) is 2.67. The molecule has 0 spiro atoms. The van der Waals surface area contributed by atoms with Crippen LogP contribution in [-0.2, 0) is 11.3 Å². The summed E-state index contributed by atoms with van der Waals surface area (Å²) >= 11 is 0. The minimum atomic E-state index is -0.0526. The van der Waals surface area contributed by atoms with Crippen molar-refractivity contribution < 1.29 is 19.0 Å². The summed E-state index contributed by atoms with van der Waals surface area (Å²) < 4.78 is 16.3. The third-order valence-corrected chi connectivity index (χ3v) is 4.25. The number of ether oxygens (including phenoxy) is 3. The molecule has 0 radical (unpaired) electrons. The quantitative estimate of drug-likeness (QED) is 0.722. The van der Waals surface area contributed by atoms with Crippen molar-refractivity contribution in [1.29, 1.82) is 0 Å². The zero-order valence-corrected chi connectivity index (χ0v) is 16.2. The van der Waals surface area contributed by atoms with Gasteiger partial charge in [-0.25, -0.2) is 0 Å². The molecule has 2 aromatic rings. The van der Waals surface area contributed by atoms with Crippen LogP contribution in [0, 0.1) is 13.8 Å². The lowest BCUT2D eigenvalue weighted by atomic mass is 10.1. The number of nitrogens with zero attached hydrogens (tertiary/aromatic N) is 1. The van der Waals surface area contributed by atoms with Gasteiger partial charge >= 0.3 is 0 Å².